The van der Waals surface area contributed by atoms with Gasteiger partial charge in [-0.15, -0.1) is 0 Å². The quantitative estimate of drug-likeness (QED) is 0.761. The molecule has 6 nitrogen and oxygen atoms in total. The number of hydrogen-bond acceptors (Lipinski definition) is 4. The van der Waals surface area contributed by atoms with Crippen molar-refractivity contribution in [3.8, 4) is 6.07 Å². The molecule has 1 heterocycles. The minimum absolute atomic E-state index is 0.354. The van der Waals surface area contributed by atoms with Crippen molar-refractivity contribution in [3.05, 3.63) is 42.1 Å². The third kappa shape index (κ3) is 4.27. The molecule has 3 N–H and O–H groups in total. The number of carbonyl (C=O) groups is 2. The van der Waals surface area contributed by atoms with E-state index in [1.807, 2.05) is 30.3 Å². The first-order valence-corrected chi connectivity index (χ1v) is 7.44. The Morgan fingerprint density at radius 2 is 2.04 bits per heavy atom. The fourth-order valence-electron chi connectivity index (χ4n) is 2.37. The second-order valence-corrected chi connectivity index (χ2v) is 5.21. The first kappa shape index (κ1) is 16.4. The number of rotatable bonds is 7. The van der Waals surface area contributed by atoms with E-state index in [4.69, 9.17) is 11.0 Å². The van der Waals surface area contributed by atoms with Gasteiger partial charge in [0, 0.05) is 18.0 Å². The maximum absolute atomic E-state index is 12.5. The third-order valence-corrected chi connectivity index (χ3v) is 3.57. The van der Waals surface area contributed by atoms with Gasteiger partial charge in [0.1, 0.15) is 6.04 Å². The van der Waals surface area contributed by atoms with E-state index in [9.17, 15) is 9.59 Å². The number of nitrogens with zero attached hydrogens (tertiary/aromatic N) is 2. The Bertz CT molecular complexity index is 746. The monoisotopic (exact) mass is 310 g/mol. The molecule has 0 fully saturated rings. The van der Waals surface area contributed by atoms with Crippen LogP contribution in [0.4, 0.5) is 0 Å². The van der Waals surface area contributed by atoms with E-state index in [0.29, 0.717) is 36.8 Å². The van der Waals surface area contributed by atoms with E-state index in [1.54, 1.807) is 12.3 Å². The van der Waals surface area contributed by atoms with Crippen molar-refractivity contribution in [2.45, 2.75) is 31.7 Å². The van der Waals surface area contributed by atoms with Crippen molar-refractivity contribution in [2.75, 3.05) is 0 Å². The van der Waals surface area contributed by atoms with E-state index >= 15 is 0 Å². The average Bonchev–Trinajstić information content (AvgIpc) is 2.56. The molecule has 6 heteroatoms. The maximum atomic E-state index is 12.5. The maximum Gasteiger partial charge on any atom is 0.252 e. The number of benzene rings is 1. The number of pyridine rings is 1. The highest BCUT2D eigenvalue weighted by molar-refractivity contribution is 6.07. The summed E-state index contributed by atoms with van der Waals surface area (Å²) in [7, 11) is 0. The summed E-state index contributed by atoms with van der Waals surface area (Å²) in [6.45, 7) is 0. The van der Waals surface area contributed by atoms with Crippen LogP contribution in [0.25, 0.3) is 10.9 Å². The van der Waals surface area contributed by atoms with Gasteiger partial charge in [0.2, 0.25) is 5.91 Å². The normalized spacial score (nSPS) is 11.6. The number of nitrogens with one attached hydrogen (secondary N) is 1. The van der Waals surface area contributed by atoms with Crippen LogP contribution in [0.1, 0.15) is 36.0 Å². The molecule has 118 valence electrons. The second kappa shape index (κ2) is 7.90. The molecular weight excluding hydrogens is 292 g/mol. The van der Waals surface area contributed by atoms with E-state index in [-0.39, 0.29) is 5.91 Å². The molecule has 2 amide bonds. The lowest BCUT2D eigenvalue weighted by atomic mass is 10.1. The summed E-state index contributed by atoms with van der Waals surface area (Å²) < 4.78 is 0. The van der Waals surface area contributed by atoms with Gasteiger partial charge in [0.25, 0.3) is 5.91 Å². The molecule has 1 aromatic heterocycles. The van der Waals surface area contributed by atoms with Crippen molar-refractivity contribution in [1.29, 1.82) is 5.26 Å². The molecule has 0 bridgehead atoms. The molecule has 0 spiro atoms. The van der Waals surface area contributed by atoms with Crippen molar-refractivity contribution in [3.63, 3.8) is 0 Å². The minimum atomic E-state index is -0.742. The minimum Gasteiger partial charge on any atom is -0.368 e. The van der Waals surface area contributed by atoms with Crippen LogP contribution < -0.4 is 11.1 Å². The number of aromatic nitrogens is 1. The zero-order valence-electron chi connectivity index (χ0n) is 12.7. The third-order valence-electron chi connectivity index (χ3n) is 3.57. The molecule has 23 heavy (non-hydrogen) atoms. The number of amides is 2. The highest BCUT2D eigenvalue weighted by atomic mass is 16.2. The lowest BCUT2D eigenvalue weighted by Crippen LogP contribution is -2.44. The zero-order chi connectivity index (χ0) is 16.7. The molecule has 0 aliphatic rings. The number of carbonyl (C=O) groups excluding carboxylic acids is 2. The number of fused-ring (bicyclic) bond motifs is 1. The Kier molecular flexibility index (Phi) is 5.64. The Hall–Kier alpha value is -2.94. The standard InChI is InChI=1S/C17H18N4O2/c18-10-5-1-2-8-15(16(19)22)21-17(23)13-9-11-20-14-7-4-3-6-12(13)14/h3-4,6-7,9,11,15H,1-2,5,8H2,(H2,19,22)(H,21,23)/t15-/m0/s1. The molecule has 0 saturated carbocycles. The SMILES string of the molecule is N#CCCCC[C@H](NC(=O)c1ccnc2ccccc12)C(N)=O. The Balaban J connectivity index is 2.11. The van der Waals surface area contributed by atoms with Crippen molar-refractivity contribution >= 4 is 22.7 Å². The Labute approximate surface area is 134 Å². The number of hydrogen-bond donors (Lipinski definition) is 2. The lowest BCUT2D eigenvalue weighted by Gasteiger charge is -2.16. The summed E-state index contributed by atoms with van der Waals surface area (Å²) in [5, 5.41) is 11.9. The fraction of sp³-hybridized carbons (Fsp3) is 0.294. The van der Waals surface area contributed by atoms with Crippen LogP contribution in [0.3, 0.4) is 0 Å². The predicted octanol–water partition coefficient (Wildman–Crippen LogP) is 1.90. The second-order valence-electron chi connectivity index (χ2n) is 5.21. The molecule has 0 aliphatic carbocycles. The molecule has 2 aromatic rings. The van der Waals surface area contributed by atoms with Crippen LogP contribution in [0, 0.1) is 11.3 Å². The van der Waals surface area contributed by atoms with Crippen LogP contribution >= 0.6 is 0 Å². The molecule has 2 rings (SSSR count). The zero-order valence-corrected chi connectivity index (χ0v) is 12.7. The first-order valence-electron chi connectivity index (χ1n) is 7.44. The van der Waals surface area contributed by atoms with Crippen LogP contribution in [0.15, 0.2) is 36.5 Å². The van der Waals surface area contributed by atoms with Gasteiger partial charge in [-0.1, -0.05) is 18.2 Å². The number of nitriles is 1. The Morgan fingerprint density at radius 3 is 2.78 bits per heavy atom. The molecule has 0 radical (unpaired) electrons. The topological polar surface area (TPSA) is 109 Å². The summed E-state index contributed by atoms with van der Waals surface area (Å²) in [5.74, 6) is -0.929. The Morgan fingerprint density at radius 1 is 1.26 bits per heavy atom. The molecule has 0 saturated heterocycles. The summed E-state index contributed by atoms with van der Waals surface area (Å²) in [6.07, 6.45) is 3.73. The van der Waals surface area contributed by atoms with E-state index in [1.165, 1.54) is 0 Å². The van der Waals surface area contributed by atoms with Crippen LogP contribution in [0.2, 0.25) is 0 Å². The highest BCUT2D eigenvalue weighted by Gasteiger charge is 2.19. The van der Waals surface area contributed by atoms with Gasteiger partial charge >= 0.3 is 0 Å². The van der Waals surface area contributed by atoms with Gasteiger partial charge in [-0.05, 0) is 31.4 Å². The summed E-state index contributed by atoms with van der Waals surface area (Å²) in [5.41, 5.74) is 6.53. The number of nitrogens with two attached hydrogens (primary N) is 1. The van der Waals surface area contributed by atoms with Gasteiger partial charge in [-0.3, -0.25) is 14.6 Å². The highest BCUT2D eigenvalue weighted by Crippen LogP contribution is 2.16. The van der Waals surface area contributed by atoms with Crippen LogP contribution in [0.5, 0.6) is 0 Å². The average molecular weight is 310 g/mol. The van der Waals surface area contributed by atoms with E-state index in [0.717, 1.165) is 5.39 Å². The smallest absolute Gasteiger partial charge is 0.252 e. The van der Waals surface area contributed by atoms with Gasteiger partial charge in [-0.2, -0.15) is 5.26 Å². The molecule has 0 unspecified atom stereocenters. The van der Waals surface area contributed by atoms with Gasteiger partial charge < -0.3 is 11.1 Å². The fourth-order valence-corrected chi connectivity index (χ4v) is 2.37. The molecular formula is C17H18N4O2. The van der Waals surface area contributed by atoms with Crippen LogP contribution in [-0.4, -0.2) is 22.8 Å². The van der Waals surface area contributed by atoms with Gasteiger partial charge in [0.05, 0.1) is 17.1 Å². The van der Waals surface area contributed by atoms with Crippen LogP contribution in [-0.2, 0) is 4.79 Å². The predicted molar refractivity (Wildman–Crippen MR) is 86.3 cm³/mol. The molecule has 0 aliphatic heterocycles. The largest absolute Gasteiger partial charge is 0.368 e. The number of para-hydroxylation sites is 1. The molecule has 1 aromatic carbocycles. The number of primary amides is 1. The summed E-state index contributed by atoms with van der Waals surface area (Å²) in [4.78, 5) is 28.2. The van der Waals surface area contributed by atoms with E-state index < -0.39 is 11.9 Å². The molecule has 1 atom stereocenters. The van der Waals surface area contributed by atoms with Crippen molar-refractivity contribution in [1.82, 2.24) is 10.3 Å². The van der Waals surface area contributed by atoms with Crippen molar-refractivity contribution < 1.29 is 9.59 Å². The van der Waals surface area contributed by atoms with Crippen molar-refractivity contribution in [2.24, 2.45) is 5.73 Å². The summed E-state index contributed by atoms with van der Waals surface area (Å²) in [6, 6.07) is 10.2. The van der Waals surface area contributed by atoms with E-state index in [2.05, 4.69) is 10.3 Å². The van der Waals surface area contributed by atoms with Gasteiger partial charge in [-0.25, -0.2) is 0 Å². The lowest BCUT2D eigenvalue weighted by molar-refractivity contribution is -0.120. The summed E-state index contributed by atoms with van der Waals surface area (Å²) >= 11 is 0. The first-order chi connectivity index (χ1) is 11.1. The van der Waals surface area contributed by atoms with Gasteiger partial charge in [0.15, 0.2) is 0 Å². The number of unbranched alkanes of at least 4 members (excludes halogenated alkanes) is 2.